The number of rotatable bonds is 6. The van der Waals surface area contributed by atoms with E-state index in [1.165, 1.54) is 12.8 Å². The van der Waals surface area contributed by atoms with E-state index in [2.05, 4.69) is 20.8 Å². The van der Waals surface area contributed by atoms with Crippen LogP contribution in [-0.4, -0.2) is 34.4 Å². The Bertz CT molecular complexity index is 429. The van der Waals surface area contributed by atoms with Crippen molar-refractivity contribution >= 4 is 6.03 Å². The fourth-order valence-corrected chi connectivity index (χ4v) is 2.36. The molecule has 1 unspecified atom stereocenters. The van der Waals surface area contributed by atoms with Gasteiger partial charge in [0.1, 0.15) is 6.04 Å². The molecule has 2 amide bonds. The number of carbonyl (C=O) groups is 1. The van der Waals surface area contributed by atoms with Gasteiger partial charge in [0.2, 0.25) is 5.89 Å². The Balaban J connectivity index is 1.82. The molecule has 1 saturated carbocycles. The maximum Gasteiger partial charge on any atom is 0.315 e. The van der Waals surface area contributed by atoms with Gasteiger partial charge in [-0.2, -0.15) is 4.98 Å². The zero-order chi connectivity index (χ0) is 14.4. The summed E-state index contributed by atoms with van der Waals surface area (Å²) in [6, 6.07) is -0.627. The van der Waals surface area contributed by atoms with Crippen molar-refractivity contribution < 1.29 is 14.4 Å². The fourth-order valence-electron chi connectivity index (χ4n) is 2.36. The predicted octanol–water partition coefficient (Wildman–Crippen LogP) is 1.47. The summed E-state index contributed by atoms with van der Waals surface area (Å²) in [6.45, 7) is 2.30. The summed E-state index contributed by atoms with van der Waals surface area (Å²) in [5.41, 5.74) is 0. The average Bonchev–Trinajstić information content (AvgIpc) is 3.10. The predicted molar refractivity (Wildman–Crippen MR) is 72.2 cm³/mol. The van der Waals surface area contributed by atoms with Crippen LogP contribution in [0.4, 0.5) is 4.79 Å². The number of nitrogens with one attached hydrogen (secondary N) is 2. The first kappa shape index (κ1) is 14.8. The second-order valence-electron chi connectivity index (χ2n) is 5.17. The van der Waals surface area contributed by atoms with Gasteiger partial charge in [-0.1, -0.05) is 18.0 Å². The van der Waals surface area contributed by atoms with Crippen LogP contribution in [0.25, 0.3) is 0 Å². The highest BCUT2D eigenvalue weighted by molar-refractivity contribution is 5.74. The monoisotopic (exact) mass is 282 g/mol. The minimum atomic E-state index is -0.327. The van der Waals surface area contributed by atoms with Gasteiger partial charge in [0.15, 0.2) is 5.82 Å². The molecule has 1 aliphatic carbocycles. The van der Waals surface area contributed by atoms with Gasteiger partial charge in [-0.25, -0.2) is 4.79 Å². The van der Waals surface area contributed by atoms with E-state index in [0.717, 1.165) is 18.7 Å². The summed E-state index contributed by atoms with van der Waals surface area (Å²) >= 11 is 0. The molecule has 7 heteroatoms. The van der Waals surface area contributed by atoms with Crippen LogP contribution in [0.5, 0.6) is 0 Å². The van der Waals surface area contributed by atoms with Crippen molar-refractivity contribution in [3.63, 3.8) is 0 Å². The average molecular weight is 282 g/mol. The summed E-state index contributed by atoms with van der Waals surface area (Å²) in [6.07, 6.45) is 5.20. The van der Waals surface area contributed by atoms with Crippen LogP contribution in [-0.2, 0) is 0 Å². The molecule has 2 rings (SSSR count). The van der Waals surface area contributed by atoms with Crippen molar-refractivity contribution in [3.05, 3.63) is 11.7 Å². The molecule has 0 bridgehead atoms. The summed E-state index contributed by atoms with van der Waals surface area (Å²) < 4.78 is 5.22. The first-order chi connectivity index (χ1) is 9.70. The molecule has 1 aromatic heterocycles. The van der Waals surface area contributed by atoms with E-state index in [-0.39, 0.29) is 18.7 Å². The van der Waals surface area contributed by atoms with Crippen LogP contribution in [0.3, 0.4) is 0 Å². The van der Waals surface area contributed by atoms with Crippen molar-refractivity contribution in [2.24, 2.45) is 0 Å². The van der Waals surface area contributed by atoms with E-state index >= 15 is 0 Å². The summed E-state index contributed by atoms with van der Waals surface area (Å²) in [4.78, 5) is 16.0. The summed E-state index contributed by atoms with van der Waals surface area (Å²) in [5.74, 6) is 1.59. The van der Waals surface area contributed by atoms with Crippen molar-refractivity contribution in [3.8, 4) is 0 Å². The van der Waals surface area contributed by atoms with Crippen LogP contribution in [0.15, 0.2) is 4.52 Å². The lowest BCUT2D eigenvalue weighted by atomic mass is 10.1. The SMILES string of the molecule is CC(NC(=O)NCCCO)c1nc(C2CCCC2)no1. The van der Waals surface area contributed by atoms with Gasteiger partial charge in [0.05, 0.1) is 0 Å². The summed E-state index contributed by atoms with van der Waals surface area (Å²) in [5, 5.41) is 18.0. The Morgan fingerprint density at radius 1 is 1.50 bits per heavy atom. The van der Waals surface area contributed by atoms with Gasteiger partial charge in [0.25, 0.3) is 0 Å². The van der Waals surface area contributed by atoms with Gasteiger partial charge < -0.3 is 20.3 Å². The third kappa shape index (κ3) is 3.93. The Hall–Kier alpha value is -1.63. The van der Waals surface area contributed by atoms with E-state index in [1.807, 2.05) is 0 Å². The highest BCUT2D eigenvalue weighted by Crippen LogP contribution is 2.32. The van der Waals surface area contributed by atoms with Gasteiger partial charge in [-0.15, -0.1) is 0 Å². The Kier molecular flexibility index (Phi) is 5.34. The standard InChI is InChI=1S/C13H22N4O3/c1-9(15-13(19)14-7-4-8-18)12-16-11(17-20-12)10-5-2-3-6-10/h9-10,18H,2-8H2,1H3,(H2,14,15,19). The molecule has 112 valence electrons. The number of urea groups is 1. The van der Waals surface area contributed by atoms with Crippen molar-refractivity contribution in [1.82, 2.24) is 20.8 Å². The highest BCUT2D eigenvalue weighted by atomic mass is 16.5. The number of aliphatic hydroxyl groups is 1. The van der Waals surface area contributed by atoms with Crippen LogP contribution >= 0.6 is 0 Å². The largest absolute Gasteiger partial charge is 0.396 e. The molecule has 0 saturated heterocycles. The molecule has 20 heavy (non-hydrogen) atoms. The van der Waals surface area contributed by atoms with Crippen molar-refractivity contribution in [2.75, 3.05) is 13.2 Å². The Morgan fingerprint density at radius 2 is 2.25 bits per heavy atom. The number of nitrogens with zero attached hydrogens (tertiary/aromatic N) is 2. The first-order valence-electron chi connectivity index (χ1n) is 7.19. The number of amides is 2. The Morgan fingerprint density at radius 3 is 2.95 bits per heavy atom. The van der Waals surface area contributed by atoms with Crippen molar-refractivity contribution in [2.45, 2.75) is 51.0 Å². The molecule has 7 nitrogen and oxygen atoms in total. The van der Waals surface area contributed by atoms with Crippen LogP contribution in [0.2, 0.25) is 0 Å². The minimum absolute atomic E-state index is 0.0598. The van der Waals surface area contributed by atoms with Crippen LogP contribution in [0, 0.1) is 0 Å². The second-order valence-corrected chi connectivity index (χ2v) is 5.17. The number of hydrogen-bond donors (Lipinski definition) is 3. The number of aromatic nitrogens is 2. The first-order valence-corrected chi connectivity index (χ1v) is 7.19. The third-order valence-corrected chi connectivity index (χ3v) is 3.52. The lowest BCUT2D eigenvalue weighted by molar-refractivity contribution is 0.231. The van der Waals surface area contributed by atoms with E-state index in [9.17, 15) is 4.79 Å². The lowest BCUT2D eigenvalue weighted by Gasteiger charge is -2.10. The van der Waals surface area contributed by atoms with Gasteiger partial charge in [-0.05, 0) is 26.2 Å². The Labute approximate surface area is 118 Å². The number of aliphatic hydroxyl groups excluding tert-OH is 1. The molecule has 0 aromatic carbocycles. The van der Waals surface area contributed by atoms with Crippen LogP contribution in [0.1, 0.15) is 62.7 Å². The zero-order valence-electron chi connectivity index (χ0n) is 11.8. The normalized spacial score (nSPS) is 17.1. The molecule has 1 aromatic rings. The maximum absolute atomic E-state index is 11.6. The molecule has 1 fully saturated rings. The fraction of sp³-hybridized carbons (Fsp3) is 0.769. The number of carbonyl (C=O) groups excluding carboxylic acids is 1. The molecule has 3 N–H and O–H groups in total. The van der Waals surface area contributed by atoms with E-state index < -0.39 is 0 Å². The molecule has 1 aliphatic rings. The quantitative estimate of drug-likeness (QED) is 0.686. The highest BCUT2D eigenvalue weighted by Gasteiger charge is 2.24. The number of hydrogen-bond acceptors (Lipinski definition) is 5. The molecule has 0 aliphatic heterocycles. The molecular formula is C13H22N4O3. The third-order valence-electron chi connectivity index (χ3n) is 3.52. The van der Waals surface area contributed by atoms with Gasteiger partial charge in [-0.3, -0.25) is 0 Å². The zero-order valence-corrected chi connectivity index (χ0v) is 11.8. The minimum Gasteiger partial charge on any atom is -0.396 e. The molecule has 1 heterocycles. The second kappa shape index (κ2) is 7.23. The molecule has 1 atom stereocenters. The molecule has 0 radical (unpaired) electrons. The van der Waals surface area contributed by atoms with Gasteiger partial charge in [0, 0.05) is 19.1 Å². The molecule has 0 spiro atoms. The van der Waals surface area contributed by atoms with Gasteiger partial charge >= 0.3 is 6.03 Å². The van der Waals surface area contributed by atoms with E-state index in [0.29, 0.717) is 24.8 Å². The maximum atomic E-state index is 11.6. The van der Waals surface area contributed by atoms with Crippen LogP contribution < -0.4 is 10.6 Å². The van der Waals surface area contributed by atoms with Crippen molar-refractivity contribution in [1.29, 1.82) is 0 Å². The molecular weight excluding hydrogens is 260 g/mol. The van der Waals surface area contributed by atoms with E-state index in [1.54, 1.807) is 6.92 Å². The summed E-state index contributed by atoms with van der Waals surface area (Å²) in [7, 11) is 0. The topological polar surface area (TPSA) is 100 Å². The van der Waals surface area contributed by atoms with E-state index in [4.69, 9.17) is 9.63 Å². The lowest BCUT2D eigenvalue weighted by Crippen LogP contribution is -2.37. The smallest absolute Gasteiger partial charge is 0.315 e.